The molecule has 4 heteroatoms. The lowest BCUT2D eigenvalue weighted by atomic mass is 10.0. The van der Waals surface area contributed by atoms with E-state index >= 15 is 0 Å². The van der Waals surface area contributed by atoms with E-state index in [0.717, 1.165) is 6.54 Å². The molecule has 0 spiro atoms. The summed E-state index contributed by atoms with van der Waals surface area (Å²) in [4.78, 5) is 0. The fourth-order valence-electron chi connectivity index (χ4n) is 6.07. The molecule has 0 saturated carbocycles. The van der Waals surface area contributed by atoms with Gasteiger partial charge >= 0.3 is 0 Å². The number of unbranched alkanes of at least 4 members (excludes halogenated alkanes) is 33. The van der Waals surface area contributed by atoms with Gasteiger partial charge in [0, 0.05) is 11.9 Å². The molecule has 1 nitrogen and oxygen atoms in total. The van der Waals surface area contributed by atoms with Gasteiger partial charge < -0.3 is 5.32 Å². The maximum absolute atomic E-state index is 4.91. The van der Waals surface area contributed by atoms with Gasteiger partial charge in [-0.05, 0) is 12.8 Å². The molecule has 0 heterocycles. The molecule has 0 bridgehead atoms. The van der Waals surface area contributed by atoms with Gasteiger partial charge in [-0.1, -0.05) is 234 Å². The molecule has 0 atom stereocenters. The lowest BCUT2D eigenvalue weighted by molar-refractivity contribution is 0.511. The van der Waals surface area contributed by atoms with E-state index in [4.69, 9.17) is 12.2 Å². The van der Waals surface area contributed by atoms with E-state index < -0.39 is 0 Å². The summed E-state index contributed by atoms with van der Waals surface area (Å²) in [6.45, 7) is 0.988. The van der Waals surface area contributed by atoms with E-state index in [0.29, 0.717) is 4.32 Å². The molecule has 0 aliphatic heterocycles. The first-order chi connectivity index (χ1) is 20.3. The Balaban J connectivity index is 3.03. The minimum atomic E-state index is 0.630. The van der Waals surface area contributed by atoms with Crippen LogP contribution in [-0.2, 0) is 0 Å². The van der Waals surface area contributed by atoms with E-state index in [2.05, 4.69) is 33.9 Å². The molecule has 1 N–H and O–H groups in total. The van der Waals surface area contributed by atoms with Crippen LogP contribution >= 0.6 is 40.8 Å². The predicted molar refractivity (Wildman–Crippen MR) is 200 cm³/mol. The third kappa shape index (κ3) is 40.7. The van der Waals surface area contributed by atoms with Gasteiger partial charge in [-0.25, -0.2) is 0 Å². The number of thiol groups is 1. The highest BCUT2D eigenvalue weighted by atomic mass is 79.9. The van der Waals surface area contributed by atoms with Gasteiger partial charge in [0.25, 0.3) is 0 Å². The van der Waals surface area contributed by atoms with Crippen LogP contribution < -0.4 is 5.32 Å². The highest BCUT2D eigenvalue weighted by molar-refractivity contribution is 9.09. The summed E-state index contributed by atoms with van der Waals surface area (Å²) >= 11 is 12.5. The number of hydrogen-bond acceptors (Lipinski definition) is 1. The Kier molecular flexibility index (Phi) is 39.4. The summed E-state index contributed by atoms with van der Waals surface area (Å²) in [6, 6.07) is 0. The van der Waals surface area contributed by atoms with Crippen molar-refractivity contribution in [3.63, 3.8) is 0 Å². The van der Waals surface area contributed by atoms with Crippen molar-refractivity contribution in [3.8, 4) is 0 Å². The summed E-state index contributed by atoms with van der Waals surface area (Å²) < 4.78 is 0.630. The van der Waals surface area contributed by atoms with Crippen molar-refractivity contribution < 1.29 is 0 Å². The first-order valence-electron chi connectivity index (χ1n) is 18.8. The molecule has 0 aliphatic rings. The molecule has 0 radical (unpaired) electrons. The lowest BCUT2D eigenvalue weighted by Gasteiger charge is -2.05. The van der Waals surface area contributed by atoms with Gasteiger partial charge in [-0.3, -0.25) is 0 Å². The van der Waals surface area contributed by atoms with Crippen molar-refractivity contribution in [1.82, 2.24) is 5.32 Å². The van der Waals surface area contributed by atoms with Crippen LogP contribution in [0.15, 0.2) is 0 Å². The fraction of sp³-hybridized carbons (Fsp3) is 0.973. The van der Waals surface area contributed by atoms with Gasteiger partial charge in [0.05, 0.1) is 0 Å². The molecule has 0 aromatic rings. The quantitative estimate of drug-likeness (QED) is 0.0296. The molecule has 0 aromatic carbocycles. The van der Waals surface area contributed by atoms with E-state index in [1.54, 1.807) is 0 Å². The summed E-state index contributed by atoms with van der Waals surface area (Å²) in [5.74, 6) is 0. The number of rotatable bonds is 36. The summed E-state index contributed by atoms with van der Waals surface area (Å²) in [7, 11) is 0. The second-order valence-corrected chi connectivity index (χ2v) is 14.9. The Hall–Kier alpha value is 0.720. The second kappa shape index (κ2) is 38.7. The van der Waals surface area contributed by atoms with Crippen molar-refractivity contribution in [3.05, 3.63) is 0 Å². The van der Waals surface area contributed by atoms with E-state index in [-0.39, 0.29) is 0 Å². The summed E-state index contributed by atoms with van der Waals surface area (Å²) in [6.07, 6.45) is 49.4. The first-order valence-corrected chi connectivity index (χ1v) is 20.8. The number of thiocarbonyl (C=S) groups is 1. The maximum Gasteiger partial charge on any atom is 0.130 e. The molecule has 246 valence electrons. The molecule has 41 heavy (non-hydrogen) atoms. The molecule has 0 aliphatic carbocycles. The van der Waals surface area contributed by atoms with E-state index in [1.807, 2.05) is 0 Å². The van der Waals surface area contributed by atoms with Gasteiger partial charge in [-0.15, -0.1) is 12.6 Å². The van der Waals surface area contributed by atoms with Crippen LogP contribution in [0.25, 0.3) is 0 Å². The number of nitrogens with one attached hydrogen (secondary N) is 1. The monoisotopic (exact) mass is 675 g/mol. The van der Waals surface area contributed by atoms with E-state index in [1.165, 1.54) is 224 Å². The smallest absolute Gasteiger partial charge is 0.130 e. The van der Waals surface area contributed by atoms with E-state index in [9.17, 15) is 0 Å². The van der Waals surface area contributed by atoms with Crippen molar-refractivity contribution in [2.45, 2.75) is 218 Å². The Morgan fingerprint density at radius 1 is 0.341 bits per heavy atom. The van der Waals surface area contributed by atoms with Crippen LogP contribution in [0, 0.1) is 0 Å². The fourth-order valence-corrected chi connectivity index (χ4v) is 6.68. The Bertz CT molecular complexity index is 488. The maximum atomic E-state index is 4.91. The molecular formula is C37H74BrNS2. The highest BCUT2D eigenvalue weighted by Crippen LogP contribution is 2.17. The molecule has 0 saturated heterocycles. The SMILES string of the molecule is S=C(S)NCCCCCCCCCCCCCCCCCCCCCCCCCCCCCCCCCCCCBr. The normalized spacial score (nSPS) is 11.4. The number of hydrogen-bond donors (Lipinski definition) is 2. The average molecular weight is 677 g/mol. The zero-order valence-corrected chi connectivity index (χ0v) is 31.0. The molecule has 0 unspecified atom stereocenters. The van der Waals surface area contributed by atoms with Crippen molar-refractivity contribution in [1.29, 1.82) is 0 Å². The minimum absolute atomic E-state index is 0.630. The first kappa shape index (κ1) is 41.7. The van der Waals surface area contributed by atoms with Crippen molar-refractivity contribution in [2.75, 3.05) is 11.9 Å². The topological polar surface area (TPSA) is 12.0 Å². The third-order valence-electron chi connectivity index (χ3n) is 8.84. The van der Waals surface area contributed by atoms with Gasteiger partial charge in [0.15, 0.2) is 0 Å². The number of alkyl halides is 1. The Labute approximate surface area is 279 Å². The zero-order chi connectivity index (χ0) is 29.7. The summed E-state index contributed by atoms with van der Waals surface area (Å²) in [5.41, 5.74) is 0. The van der Waals surface area contributed by atoms with Crippen LogP contribution in [0.1, 0.15) is 218 Å². The minimum Gasteiger partial charge on any atom is -0.371 e. The predicted octanol–water partition coefficient (Wildman–Crippen LogP) is 14.4. The Morgan fingerprint density at radius 3 is 0.683 bits per heavy atom. The molecule has 0 rings (SSSR count). The zero-order valence-electron chi connectivity index (χ0n) is 27.7. The van der Waals surface area contributed by atoms with Gasteiger partial charge in [-0.2, -0.15) is 0 Å². The standard InChI is InChI=1S/C37H74BrNS2/c38-35-33-31-29-27-25-23-21-19-17-15-13-11-9-7-5-3-1-2-4-6-8-10-12-14-16-18-20-22-24-26-28-30-32-34-36-39-37(40)41/h1-36H2,(H2,39,40,41). The molecule has 0 aromatic heterocycles. The summed E-state index contributed by atoms with van der Waals surface area (Å²) in [5, 5.41) is 4.30. The molecular weight excluding hydrogens is 602 g/mol. The number of halogens is 1. The highest BCUT2D eigenvalue weighted by Gasteiger charge is 1.97. The van der Waals surface area contributed by atoms with Crippen LogP contribution in [0.3, 0.4) is 0 Å². The average Bonchev–Trinajstić information content (AvgIpc) is 2.97. The third-order valence-corrected chi connectivity index (χ3v) is 9.70. The molecule has 0 fully saturated rings. The van der Waals surface area contributed by atoms with Crippen LogP contribution in [0.5, 0.6) is 0 Å². The lowest BCUT2D eigenvalue weighted by Crippen LogP contribution is -2.17. The van der Waals surface area contributed by atoms with Gasteiger partial charge in [0.1, 0.15) is 4.32 Å². The van der Waals surface area contributed by atoms with Crippen molar-refractivity contribution in [2.24, 2.45) is 0 Å². The van der Waals surface area contributed by atoms with Crippen LogP contribution in [0.4, 0.5) is 0 Å². The van der Waals surface area contributed by atoms with Gasteiger partial charge in [0.2, 0.25) is 0 Å². The largest absolute Gasteiger partial charge is 0.371 e. The second-order valence-electron chi connectivity index (χ2n) is 12.9. The molecule has 0 amide bonds. The Morgan fingerprint density at radius 2 is 0.512 bits per heavy atom. The van der Waals surface area contributed by atoms with Crippen LogP contribution in [-0.4, -0.2) is 16.2 Å². The van der Waals surface area contributed by atoms with Crippen LogP contribution in [0.2, 0.25) is 0 Å². The van der Waals surface area contributed by atoms with Crippen molar-refractivity contribution >= 4 is 45.1 Å².